The highest BCUT2D eigenvalue weighted by atomic mass is 32.2. The zero-order valence-corrected chi connectivity index (χ0v) is 13.4. The molecule has 3 rings (SSSR count). The molecule has 7 heteroatoms. The largest absolute Gasteiger partial charge is 0.304 e. The van der Waals surface area contributed by atoms with Crippen molar-refractivity contribution >= 4 is 27.5 Å². The number of rotatable bonds is 4. The Hall–Kier alpha value is -2.51. The molecule has 6 nitrogen and oxygen atoms in total. The SMILES string of the molecule is O=C1CN(c2ccccc2)C(=O)C1Cc1ccccc1S(=O)(=O)O. The number of para-hydroxylation sites is 1. The van der Waals surface area contributed by atoms with Crippen molar-refractivity contribution in [1.82, 2.24) is 0 Å². The van der Waals surface area contributed by atoms with Crippen LogP contribution in [-0.2, 0) is 26.1 Å². The third-order valence-electron chi connectivity index (χ3n) is 4.01. The number of Topliss-reactive ketones (excluding diaryl/α,β-unsaturated/α-hetero) is 1. The van der Waals surface area contributed by atoms with Crippen LogP contribution in [0.4, 0.5) is 5.69 Å². The zero-order chi connectivity index (χ0) is 17.3. The van der Waals surface area contributed by atoms with E-state index in [4.69, 9.17) is 0 Å². The van der Waals surface area contributed by atoms with Crippen molar-refractivity contribution in [2.24, 2.45) is 5.92 Å². The molecule has 1 amide bonds. The van der Waals surface area contributed by atoms with Crippen molar-refractivity contribution in [2.45, 2.75) is 11.3 Å². The van der Waals surface area contributed by atoms with Crippen LogP contribution in [0.1, 0.15) is 5.56 Å². The summed E-state index contributed by atoms with van der Waals surface area (Å²) >= 11 is 0. The van der Waals surface area contributed by atoms with Crippen LogP contribution >= 0.6 is 0 Å². The van der Waals surface area contributed by atoms with Crippen LogP contribution in [0.3, 0.4) is 0 Å². The molecule has 0 radical (unpaired) electrons. The molecule has 0 aliphatic carbocycles. The molecule has 1 aliphatic rings. The van der Waals surface area contributed by atoms with Crippen LogP contribution in [0.5, 0.6) is 0 Å². The van der Waals surface area contributed by atoms with E-state index in [1.54, 1.807) is 30.3 Å². The summed E-state index contributed by atoms with van der Waals surface area (Å²) in [5.74, 6) is -1.58. The molecule has 0 bridgehead atoms. The molecule has 0 aromatic heterocycles. The molecular formula is C17H15NO5S. The maximum atomic E-state index is 12.6. The van der Waals surface area contributed by atoms with Crippen molar-refractivity contribution in [2.75, 3.05) is 11.4 Å². The van der Waals surface area contributed by atoms with Gasteiger partial charge in [-0.3, -0.25) is 14.1 Å². The van der Waals surface area contributed by atoms with Gasteiger partial charge in [0.25, 0.3) is 10.1 Å². The third-order valence-corrected chi connectivity index (χ3v) is 4.96. The summed E-state index contributed by atoms with van der Waals surface area (Å²) < 4.78 is 32.2. The molecule has 24 heavy (non-hydrogen) atoms. The second kappa shape index (κ2) is 6.18. The Kier molecular flexibility index (Phi) is 4.21. The molecule has 2 aromatic carbocycles. The van der Waals surface area contributed by atoms with Crippen LogP contribution in [0.25, 0.3) is 0 Å². The van der Waals surface area contributed by atoms with E-state index in [0.29, 0.717) is 5.69 Å². The Morgan fingerprint density at radius 2 is 1.62 bits per heavy atom. The Balaban J connectivity index is 1.90. The number of amides is 1. The van der Waals surface area contributed by atoms with E-state index < -0.39 is 16.0 Å². The quantitative estimate of drug-likeness (QED) is 0.673. The van der Waals surface area contributed by atoms with Gasteiger partial charge in [-0.2, -0.15) is 8.42 Å². The molecule has 0 saturated carbocycles. The van der Waals surface area contributed by atoms with Gasteiger partial charge in [0.05, 0.1) is 11.4 Å². The molecule has 1 fully saturated rings. The zero-order valence-electron chi connectivity index (χ0n) is 12.6. The predicted molar refractivity (Wildman–Crippen MR) is 87.3 cm³/mol. The van der Waals surface area contributed by atoms with Crippen LogP contribution in [0.15, 0.2) is 59.5 Å². The van der Waals surface area contributed by atoms with Gasteiger partial charge in [-0.15, -0.1) is 0 Å². The Bertz CT molecular complexity index is 892. The molecule has 124 valence electrons. The summed E-state index contributed by atoms with van der Waals surface area (Å²) in [5.41, 5.74) is 0.878. The van der Waals surface area contributed by atoms with E-state index in [2.05, 4.69) is 0 Å². The number of nitrogens with zero attached hydrogens (tertiary/aromatic N) is 1. The van der Waals surface area contributed by atoms with Crippen molar-refractivity contribution in [3.63, 3.8) is 0 Å². The summed E-state index contributed by atoms with van der Waals surface area (Å²) in [7, 11) is -4.41. The minimum absolute atomic E-state index is 0.0401. The van der Waals surface area contributed by atoms with Gasteiger partial charge >= 0.3 is 0 Å². The van der Waals surface area contributed by atoms with Crippen molar-refractivity contribution in [3.8, 4) is 0 Å². The third kappa shape index (κ3) is 3.08. The Morgan fingerprint density at radius 3 is 2.29 bits per heavy atom. The van der Waals surface area contributed by atoms with E-state index in [0.717, 1.165) is 0 Å². The van der Waals surface area contributed by atoms with Crippen LogP contribution < -0.4 is 4.90 Å². The summed E-state index contributed by atoms with van der Waals surface area (Å²) in [6.45, 7) is -0.0401. The van der Waals surface area contributed by atoms with Gasteiger partial charge in [0, 0.05) is 5.69 Å². The lowest BCUT2D eigenvalue weighted by atomic mass is 9.97. The number of hydrogen-bond acceptors (Lipinski definition) is 4. The van der Waals surface area contributed by atoms with E-state index in [1.165, 1.54) is 23.1 Å². The van der Waals surface area contributed by atoms with E-state index in [9.17, 15) is 22.6 Å². The maximum Gasteiger partial charge on any atom is 0.294 e. The second-order valence-corrected chi connectivity index (χ2v) is 6.96. The van der Waals surface area contributed by atoms with Gasteiger partial charge in [-0.05, 0) is 30.2 Å². The van der Waals surface area contributed by atoms with Gasteiger partial charge in [0.2, 0.25) is 5.91 Å². The van der Waals surface area contributed by atoms with E-state index in [1.807, 2.05) is 6.07 Å². The first-order valence-electron chi connectivity index (χ1n) is 7.32. The molecule has 1 atom stereocenters. The van der Waals surface area contributed by atoms with Crippen LogP contribution in [-0.4, -0.2) is 31.2 Å². The average molecular weight is 345 g/mol. The molecule has 1 N–H and O–H groups in total. The first-order chi connectivity index (χ1) is 11.4. The van der Waals surface area contributed by atoms with Gasteiger partial charge in [0.1, 0.15) is 5.92 Å². The number of benzene rings is 2. The highest BCUT2D eigenvalue weighted by Crippen LogP contribution is 2.27. The lowest BCUT2D eigenvalue weighted by Crippen LogP contribution is -2.27. The summed E-state index contributed by atoms with van der Waals surface area (Å²) in [4.78, 5) is 26.0. The van der Waals surface area contributed by atoms with Crippen molar-refractivity contribution < 1.29 is 22.6 Å². The maximum absolute atomic E-state index is 12.6. The molecular weight excluding hydrogens is 330 g/mol. The standard InChI is InChI=1S/C17H15NO5S/c19-15-11-18(13-7-2-1-3-8-13)17(20)14(15)10-12-6-4-5-9-16(12)24(21,22)23/h1-9,14H,10-11H2,(H,21,22,23). The van der Waals surface area contributed by atoms with E-state index in [-0.39, 0.29) is 35.1 Å². The Morgan fingerprint density at radius 1 is 1.00 bits per heavy atom. The highest BCUT2D eigenvalue weighted by Gasteiger charge is 2.40. The smallest absolute Gasteiger partial charge is 0.294 e. The number of carbonyl (C=O) groups excluding carboxylic acids is 2. The molecule has 0 spiro atoms. The monoisotopic (exact) mass is 345 g/mol. The summed E-state index contributed by atoms with van der Waals surface area (Å²) in [5, 5.41) is 0. The van der Waals surface area contributed by atoms with Crippen LogP contribution in [0.2, 0.25) is 0 Å². The Labute approximate surface area is 139 Å². The molecule has 2 aromatic rings. The molecule has 1 saturated heterocycles. The number of carbonyl (C=O) groups is 2. The minimum atomic E-state index is -4.41. The molecule has 1 heterocycles. The molecule has 1 unspecified atom stereocenters. The summed E-state index contributed by atoms with van der Waals surface area (Å²) in [6, 6.07) is 14.6. The normalized spacial score (nSPS) is 18.2. The predicted octanol–water partition coefficient (Wildman–Crippen LogP) is 1.71. The molecule has 1 aliphatic heterocycles. The number of ketones is 1. The average Bonchev–Trinajstić information content (AvgIpc) is 2.83. The fourth-order valence-corrected chi connectivity index (χ4v) is 3.57. The minimum Gasteiger partial charge on any atom is -0.304 e. The van der Waals surface area contributed by atoms with Gasteiger partial charge in [-0.25, -0.2) is 0 Å². The van der Waals surface area contributed by atoms with E-state index >= 15 is 0 Å². The van der Waals surface area contributed by atoms with Gasteiger partial charge < -0.3 is 4.90 Å². The summed E-state index contributed by atoms with van der Waals surface area (Å²) in [6.07, 6.45) is -0.0586. The lowest BCUT2D eigenvalue weighted by Gasteiger charge is -2.16. The lowest BCUT2D eigenvalue weighted by molar-refractivity contribution is -0.126. The van der Waals surface area contributed by atoms with Crippen molar-refractivity contribution in [1.29, 1.82) is 0 Å². The topological polar surface area (TPSA) is 91.8 Å². The fourth-order valence-electron chi connectivity index (χ4n) is 2.84. The van der Waals surface area contributed by atoms with Gasteiger partial charge in [-0.1, -0.05) is 36.4 Å². The van der Waals surface area contributed by atoms with Gasteiger partial charge in [0.15, 0.2) is 5.78 Å². The number of anilines is 1. The van der Waals surface area contributed by atoms with Crippen molar-refractivity contribution in [3.05, 3.63) is 60.2 Å². The first-order valence-corrected chi connectivity index (χ1v) is 8.76. The highest BCUT2D eigenvalue weighted by molar-refractivity contribution is 7.85. The second-order valence-electron chi connectivity index (χ2n) is 5.57. The first kappa shape index (κ1) is 16.4. The fraction of sp³-hybridized carbons (Fsp3) is 0.176. The van der Waals surface area contributed by atoms with Crippen LogP contribution in [0, 0.1) is 5.92 Å². The number of hydrogen-bond donors (Lipinski definition) is 1.